The molecule has 0 saturated heterocycles. The summed E-state index contributed by atoms with van der Waals surface area (Å²) in [5.41, 5.74) is 4.54. The van der Waals surface area contributed by atoms with Gasteiger partial charge in [-0.15, -0.1) is 0 Å². The van der Waals surface area contributed by atoms with Gasteiger partial charge in [0.2, 0.25) is 5.91 Å². The van der Waals surface area contributed by atoms with Crippen molar-refractivity contribution in [2.24, 2.45) is 11.8 Å². The quantitative estimate of drug-likeness (QED) is 0.478. The number of hydrogen-bond acceptors (Lipinski definition) is 3. The molecule has 19 heavy (non-hydrogen) atoms. The molecule has 0 aliphatic heterocycles. The lowest BCUT2D eigenvalue weighted by atomic mass is 10.1. The molecule has 1 saturated carbocycles. The van der Waals surface area contributed by atoms with Gasteiger partial charge in [0.05, 0.1) is 6.42 Å². The number of nitrogens with two attached hydrogens (primary N) is 1. The minimum absolute atomic E-state index is 0.131. The molecule has 0 bridgehead atoms. The molecular weight excluding hydrogens is 256 g/mol. The fraction of sp³-hybridized carbons (Fsp3) is 0.533. The molecule has 104 valence electrons. The number of benzene rings is 1. The first kappa shape index (κ1) is 14.4. The first-order valence-electron chi connectivity index (χ1n) is 6.93. The third-order valence-electron chi connectivity index (χ3n) is 3.72. The van der Waals surface area contributed by atoms with E-state index in [9.17, 15) is 4.79 Å². The Morgan fingerprint density at radius 1 is 1.26 bits per heavy atom. The van der Waals surface area contributed by atoms with Gasteiger partial charge < -0.3 is 0 Å². The van der Waals surface area contributed by atoms with Crippen molar-refractivity contribution in [2.75, 3.05) is 5.75 Å². The Labute approximate surface area is 119 Å². The number of hydrogen-bond donors (Lipinski definition) is 2. The summed E-state index contributed by atoms with van der Waals surface area (Å²) in [6.07, 6.45) is 5.96. The molecule has 1 amide bonds. The highest BCUT2D eigenvalue weighted by atomic mass is 32.2. The van der Waals surface area contributed by atoms with E-state index in [0.717, 1.165) is 17.2 Å². The zero-order valence-electron chi connectivity index (χ0n) is 11.2. The molecule has 0 aromatic heterocycles. The Morgan fingerprint density at radius 2 is 1.95 bits per heavy atom. The van der Waals surface area contributed by atoms with E-state index in [1.165, 1.54) is 37.0 Å². The number of rotatable bonds is 6. The van der Waals surface area contributed by atoms with Gasteiger partial charge in [-0.2, -0.15) is 11.8 Å². The van der Waals surface area contributed by atoms with Crippen LogP contribution in [-0.2, 0) is 17.0 Å². The van der Waals surface area contributed by atoms with Crippen LogP contribution in [0.5, 0.6) is 0 Å². The molecule has 0 radical (unpaired) electrons. The van der Waals surface area contributed by atoms with Gasteiger partial charge in [-0.05, 0) is 35.6 Å². The highest BCUT2D eigenvalue weighted by molar-refractivity contribution is 7.98. The standard InChI is InChI=1S/C15H22N2OS/c16-17-15(18)9-13-7-3-4-8-14(13)11-19-10-12-5-1-2-6-12/h3-4,7-8,12H,1-2,5-6,9-11,16H2,(H,17,18). The van der Waals surface area contributed by atoms with E-state index >= 15 is 0 Å². The highest BCUT2D eigenvalue weighted by Gasteiger charge is 2.15. The van der Waals surface area contributed by atoms with Gasteiger partial charge in [-0.3, -0.25) is 10.2 Å². The van der Waals surface area contributed by atoms with Crippen molar-refractivity contribution in [3.63, 3.8) is 0 Å². The summed E-state index contributed by atoms with van der Waals surface area (Å²) in [7, 11) is 0. The molecular formula is C15H22N2OS. The Kier molecular flexibility index (Phi) is 5.73. The molecule has 1 aliphatic carbocycles. The summed E-state index contributed by atoms with van der Waals surface area (Å²) in [6.45, 7) is 0. The molecule has 1 fully saturated rings. The summed E-state index contributed by atoms with van der Waals surface area (Å²) in [6, 6.07) is 8.14. The molecule has 0 heterocycles. The van der Waals surface area contributed by atoms with Gasteiger partial charge in [0.15, 0.2) is 0 Å². The van der Waals surface area contributed by atoms with Gasteiger partial charge in [-0.25, -0.2) is 5.84 Å². The Balaban J connectivity index is 1.86. The van der Waals surface area contributed by atoms with Gasteiger partial charge in [0, 0.05) is 5.75 Å². The second kappa shape index (κ2) is 7.56. The number of hydrazine groups is 1. The van der Waals surface area contributed by atoms with Crippen molar-refractivity contribution in [3.05, 3.63) is 35.4 Å². The molecule has 0 atom stereocenters. The van der Waals surface area contributed by atoms with E-state index in [-0.39, 0.29) is 5.91 Å². The maximum absolute atomic E-state index is 11.4. The maximum Gasteiger partial charge on any atom is 0.238 e. The highest BCUT2D eigenvalue weighted by Crippen LogP contribution is 2.29. The molecule has 1 aliphatic rings. The normalized spacial score (nSPS) is 15.6. The van der Waals surface area contributed by atoms with E-state index in [1.807, 2.05) is 30.0 Å². The average Bonchev–Trinajstić information content (AvgIpc) is 2.94. The third-order valence-corrected chi connectivity index (χ3v) is 4.94. The molecule has 0 unspecified atom stereocenters. The van der Waals surface area contributed by atoms with E-state index < -0.39 is 0 Å². The number of carbonyl (C=O) groups excluding carboxylic acids is 1. The van der Waals surface area contributed by atoms with Gasteiger partial charge >= 0.3 is 0 Å². The minimum Gasteiger partial charge on any atom is -0.294 e. The van der Waals surface area contributed by atoms with Crippen LogP contribution < -0.4 is 11.3 Å². The second-order valence-electron chi connectivity index (χ2n) is 5.18. The largest absolute Gasteiger partial charge is 0.294 e. The molecule has 3 N–H and O–H groups in total. The van der Waals surface area contributed by atoms with Crippen molar-refractivity contribution < 1.29 is 4.79 Å². The molecule has 3 nitrogen and oxygen atoms in total. The van der Waals surface area contributed by atoms with Crippen LogP contribution in [0.25, 0.3) is 0 Å². The fourth-order valence-corrected chi connectivity index (χ4v) is 3.89. The average molecular weight is 278 g/mol. The molecule has 2 rings (SSSR count). The van der Waals surface area contributed by atoms with Gasteiger partial charge in [0.25, 0.3) is 0 Å². The predicted molar refractivity (Wildman–Crippen MR) is 80.6 cm³/mol. The number of nitrogens with one attached hydrogen (secondary N) is 1. The fourth-order valence-electron chi connectivity index (χ4n) is 2.61. The smallest absolute Gasteiger partial charge is 0.238 e. The Morgan fingerprint density at radius 3 is 2.63 bits per heavy atom. The summed E-state index contributed by atoms with van der Waals surface area (Å²) >= 11 is 1.99. The van der Waals surface area contributed by atoms with Crippen molar-refractivity contribution in [1.29, 1.82) is 0 Å². The van der Waals surface area contributed by atoms with Crippen molar-refractivity contribution in [2.45, 2.75) is 37.9 Å². The summed E-state index contributed by atoms with van der Waals surface area (Å²) < 4.78 is 0. The van der Waals surface area contributed by atoms with E-state index in [4.69, 9.17) is 5.84 Å². The van der Waals surface area contributed by atoms with Crippen LogP contribution in [0.2, 0.25) is 0 Å². The topological polar surface area (TPSA) is 55.1 Å². The van der Waals surface area contributed by atoms with Crippen LogP contribution >= 0.6 is 11.8 Å². The zero-order valence-corrected chi connectivity index (χ0v) is 12.0. The lowest BCUT2D eigenvalue weighted by molar-refractivity contribution is -0.120. The third kappa shape index (κ3) is 4.55. The molecule has 0 spiro atoms. The summed E-state index contributed by atoms with van der Waals surface area (Å²) in [4.78, 5) is 11.4. The van der Waals surface area contributed by atoms with Crippen LogP contribution in [0.3, 0.4) is 0 Å². The van der Waals surface area contributed by atoms with E-state index in [0.29, 0.717) is 6.42 Å². The van der Waals surface area contributed by atoms with E-state index in [1.54, 1.807) is 0 Å². The first-order valence-corrected chi connectivity index (χ1v) is 8.09. The maximum atomic E-state index is 11.4. The number of amides is 1. The van der Waals surface area contributed by atoms with Crippen molar-refractivity contribution in [1.82, 2.24) is 5.43 Å². The molecule has 1 aromatic carbocycles. The van der Waals surface area contributed by atoms with Gasteiger partial charge in [-0.1, -0.05) is 37.1 Å². The second-order valence-corrected chi connectivity index (χ2v) is 6.21. The summed E-state index contributed by atoms with van der Waals surface area (Å²) in [5.74, 6) is 8.16. The Bertz CT molecular complexity index is 416. The number of carbonyl (C=O) groups is 1. The van der Waals surface area contributed by atoms with Crippen LogP contribution in [0.15, 0.2) is 24.3 Å². The van der Waals surface area contributed by atoms with E-state index in [2.05, 4.69) is 11.5 Å². The van der Waals surface area contributed by atoms with Crippen LogP contribution in [0.1, 0.15) is 36.8 Å². The minimum atomic E-state index is -0.131. The SMILES string of the molecule is NNC(=O)Cc1ccccc1CSCC1CCCC1. The van der Waals surface area contributed by atoms with Gasteiger partial charge in [0.1, 0.15) is 0 Å². The summed E-state index contributed by atoms with van der Waals surface area (Å²) in [5, 5.41) is 0. The monoisotopic (exact) mass is 278 g/mol. The van der Waals surface area contributed by atoms with Crippen molar-refractivity contribution >= 4 is 17.7 Å². The lowest BCUT2D eigenvalue weighted by Gasteiger charge is -2.11. The number of thioether (sulfide) groups is 1. The molecule has 4 heteroatoms. The van der Waals surface area contributed by atoms with Crippen molar-refractivity contribution in [3.8, 4) is 0 Å². The Hall–Kier alpha value is -1.00. The first-order chi connectivity index (χ1) is 9.29. The zero-order chi connectivity index (χ0) is 13.5. The van der Waals surface area contributed by atoms with Crippen LogP contribution in [0, 0.1) is 5.92 Å². The van der Waals surface area contributed by atoms with Crippen LogP contribution in [-0.4, -0.2) is 11.7 Å². The predicted octanol–water partition coefficient (Wildman–Crippen LogP) is 2.64. The molecule has 1 aromatic rings. The lowest BCUT2D eigenvalue weighted by Crippen LogP contribution is -2.31. The van der Waals surface area contributed by atoms with Crippen LogP contribution in [0.4, 0.5) is 0 Å².